The minimum atomic E-state index is -0.249. The van der Waals surface area contributed by atoms with Crippen LogP contribution in [0.15, 0.2) is 53.6 Å². The maximum absolute atomic E-state index is 9.52. The van der Waals surface area contributed by atoms with E-state index in [-0.39, 0.29) is 5.92 Å². The fourth-order valence-corrected chi connectivity index (χ4v) is 2.41. The molecule has 3 rings (SSSR count). The summed E-state index contributed by atoms with van der Waals surface area (Å²) in [6.07, 6.45) is 1.81. The molecule has 2 aromatic rings. The van der Waals surface area contributed by atoms with E-state index in [0.29, 0.717) is 6.54 Å². The fraction of sp³-hybridized carbons (Fsp3) is 0.125. The van der Waals surface area contributed by atoms with Crippen molar-refractivity contribution in [3.8, 4) is 6.07 Å². The number of benzene rings is 2. The van der Waals surface area contributed by atoms with Gasteiger partial charge in [-0.3, -0.25) is 0 Å². The van der Waals surface area contributed by atoms with Gasteiger partial charge in [-0.25, -0.2) is 0 Å². The van der Waals surface area contributed by atoms with Gasteiger partial charge in [-0.2, -0.15) is 10.4 Å². The van der Waals surface area contributed by atoms with Crippen LogP contribution in [0.25, 0.3) is 0 Å². The third kappa shape index (κ3) is 2.09. The van der Waals surface area contributed by atoms with Crippen molar-refractivity contribution in [3.05, 3.63) is 70.8 Å². The molecule has 2 aromatic carbocycles. The van der Waals surface area contributed by atoms with E-state index in [2.05, 4.69) is 22.7 Å². The van der Waals surface area contributed by atoms with Crippen molar-refractivity contribution in [2.75, 3.05) is 0 Å². The number of hydrogen-bond acceptors (Lipinski definition) is 3. The lowest BCUT2D eigenvalue weighted by atomic mass is 9.87. The van der Waals surface area contributed by atoms with Crippen molar-refractivity contribution in [2.45, 2.75) is 12.5 Å². The largest absolute Gasteiger partial charge is 0.306 e. The van der Waals surface area contributed by atoms with Gasteiger partial charge in [0, 0.05) is 5.56 Å². The van der Waals surface area contributed by atoms with Crippen LogP contribution in [0.3, 0.4) is 0 Å². The Balaban J connectivity index is 2.12. The number of nitrogens with one attached hydrogen (secondary N) is 1. The summed E-state index contributed by atoms with van der Waals surface area (Å²) in [6, 6.07) is 18.4. The van der Waals surface area contributed by atoms with Crippen LogP contribution in [0, 0.1) is 11.3 Å². The summed E-state index contributed by atoms with van der Waals surface area (Å²) in [7, 11) is 0. The SMILES string of the molecule is N#CC(c1ccccc1)c1cccc2c1C=NNC2. The Morgan fingerprint density at radius 1 is 1.11 bits per heavy atom. The average Bonchev–Trinajstić information content (AvgIpc) is 2.49. The number of nitriles is 1. The first kappa shape index (κ1) is 11.5. The molecule has 0 aliphatic carbocycles. The van der Waals surface area contributed by atoms with E-state index in [1.807, 2.05) is 42.5 Å². The quantitative estimate of drug-likeness (QED) is 0.887. The molecule has 92 valence electrons. The molecular weight excluding hydrogens is 234 g/mol. The molecule has 1 atom stereocenters. The minimum absolute atomic E-state index is 0.249. The Morgan fingerprint density at radius 3 is 2.74 bits per heavy atom. The lowest BCUT2D eigenvalue weighted by molar-refractivity contribution is 0.732. The molecule has 0 amide bonds. The second-order valence-corrected chi connectivity index (χ2v) is 4.49. The highest BCUT2D eigenvalue weighted by atomic mass is 15.3. The average molecular weight is 247 g/mol. The van der Waals surface area contributed by atoms with Crippen molar-refractivity contribution in [1.29, 1.82) is 5.26 Å². The van der Waals surface area contributed by atoms with Crippen molar-refractivity contribution >= 4 is 6.21 Å². The first-order valence-corrected chi connectivity index (χ1v) is 6.22. The molecule has 0 saturated heterocycles. The first-order valence-electron chi connectivity index (χ1n) is 6.22. The molecule has 19 heavy (non-hydrogen) atoms. The predicted molar refractivity (Wildman–Crippen MR) is 74.8 cm³/mol. The van der Waals surface area contributed by atoms with E-state index in [9.17, 15) is 5.26 Å². The second-order valence-electron chi connectivity index (χ2n) is 4.49. The number of rotatable bonds is 2. The molecule has 0 saturated carbocycles. The molecule has 1 aliphatic heterocycles. The molecule has 1 unspecified atom stereocenters. The van der Waals surface area contributed by atoms with Gasteiger partial charge in [0.15, 0.2) is 0 Å². The maximum Gasteiger partial charge on any atom is 0.0969 e. The van der Waals surface area contributed by atoms with E-state index in [4.69, 9.17) is 0 Å². The Bertz CT molecular complexity index is 653. The number of hydrogen-bond donors (Lipinski definition) is 1. The Hall–Kier alpha value is -2.60. The van der Waals surface area contributed by atoms with Gasteiger partial charge in [-0.15, -0.1) is 0 Å². The molecule has 1 heterocycles. The molecule has 0 radical (unpaired) electrons. The molecule has 0 aromatic heterocycles. The van der Waals surface area contributed by atoms with E-state index in [1.165, 1.54) is 5.56 Å². The van der Waals surface area contributed by atoms with Crippen LogP contribution in [0.4, 0.5) is 0 Å². The molecule has 1 aliphatic rings. The summed E-state index contributed by atoms with van der Waals surface area (Å²) < 4.78 is 0. The van der Waals surface area contributed by atoms with Gasteiger partial charge in [0.25, 0.3) is 0 Å². The van der Waals surface area contributed by atoms with Crippen molar-refractivity contribution in [1.82, 2.24) is 5.43 Å². The minimum Gasteiger partial charge on any atom is -0.306 e. The van der Waals surface area contributed by atoms with Crippen LogP contribution >= 0.6 is 0 Å². The third-order valence-corrected chi connectivity index (χ3v) is 3.36. The van der Waals surface area contributed by atoms with E-state index in [0.717, 1.165) is 16.7 Å². The molecular formula is C16H13N3. The summed E-state index contributed by atoms with van der Waals surface area (Å²) in [5, 5.41) is 13.6. The second kappa shape index (κ2) is 4.95. The Morgan fingerprint density at radius 2 is 1.95 bits per heavy atom. The number of nitrogens with zero attached hydrogens (tertiary/aromatic N) is 2. The van der Waals surface area contributed by atoms with Gasteiger partial charge in [0.05, 0.1) is 24.7 Å². The van der Waals surface area contributed by atoms with Crippen LogP contribution in [-0.2, 0) is 6.54 Å². The van der Waals surface area contributed by atoms with Gasteiger partial charge < -0.3 is 5.43 Å². The van der Waals surface area contributed by atoms with Crippen molar-refractivity contribution < 1.29 is 0 Å². The molecule has 0 spiro atoms. The van der Waals surface area contributed by atoms with Crippen LogP contribution < -0.4 is 5.43 Å². The van der Waals surface area contributed by atoms with Crippen molar-refractivity contribution in [3.63, 3.8) is 0 Å². The maximum atomic E-state index is 9.52. The molecule has 0 fully saturated rings. The number of hydrazone groups is 1. The lowest BCUT2D eigenvalue weighted by Crippen LogP contribution is -2.16. The van der Waals surface area contributed by atoms with Crippen LogP contribution in [0.5, 0.6) is 0 Å². The molecule has 0 bridgehead atoms. The summed E-state index contributed by atoms with van der Waals surface area (Å²) in [5.74, 6) is -0.249. The molecule has 3 nitrogen and oxygen atoms in total. The number of fused-ring (bicyclic) bond motifs is 1. The van der Waals surface area contributed by atoms with Crippen LogP contribution in [0.2, 0.25) is 0 Å². The van der Waals surface area contributed by atoms with Gasteiger partial charge in [0.1, 0.15) is 0 Å². The van der Waals surface area contributed by atoms with Crippen LogP contribution in [-0.4, -0.2) is 6.21 Å². The van der Waals surface area contributed by atoms with Crippen LogP contribution in [0.1, 0.15) is 28.2 Å². The van der Waals surface area contributed by atoms with Gasteiger partial charge in [-0.1, -0.05) is 48.5 Å². The van der Waals surface area contributed by atoms with E-state index < -0.39 is 0 Å². The summed E-state index contributed by atoms with van der Waals surface area (Å²) in [6.45, 7) is 0.715. The Kier molecular flexibility index (Phi) is 2.99. The fourth-order valence-electron chi connectivity index (χ4n) is 2.41. The zero-order chi connectivity index (χ0) is 13.1. The van der Waals surface area contributed by atoms with Gasteiger partial charge in [-0.05, 0) is 16.7 Å². The summed E-state index contributed by atoms with van der Waals surface area (Å²) in [5.41, 5.74) is 7.25. The lowest BCUT2D eigenvalue weighted by Gasteiger charge is -2.18. The summed E-state index contributed by atoms with van der Waals surface area (Å²) >= 11 is 0. The highest BCUT2D eigenvalue weighted by molar-refractivity contribution is 5.85. The topological polar surface area (TPSA) is 48.2 Å². The zero-order valence-corrected chi connectivity index (χ0v) is 10.4. The summed E-state index contributed by atoms with van der Waals surface area (Å²) in [4.78, 5) is 0. The molecule has 3 heteroatoms. The monoisotopic (exact) mass is 247 g/mol. The Labute approximate surface area is 112 Å². The highest BCUT2D eigenvalue weighted by Gasteiger charge is 2.19. The third-order valence-electron chi connectivity index (χ3n) is 3.36. The van der Waals surface area contributed by atoms with Gasteiger partial charge in [0.2, 0.25) is 0 Å². The van der Waals surface area contributed by atoms with Gasteiger partial charge >= 0.3 is 0 Å². The zero-order valence-electron chi connectivity index (χ0n) is 10.4. The normalized spacial score (nSPS) is 14.1. The first-order chi connectivity index (χ1) is 9.40. The van der Waals surface area contributed by atoms with Crippen molar-refractivity contribution in [2.24, 2.45) is 5.10 Å². The van der Waals surface area contributed by atoms with E-state index >= 15 is 0 Å². The highest BCUT2D eigenvalue weighted by Crippen LogP contribution is 2.28. The standard InChI is InChI=1S/C16H13N3/c17-9-15(12-5-2-1-3-6-12)14-8-4-7-13-10-18-19-11-16(13)14/h1-8,11,15,18H,10H2. The molecule has 1 N–H and O–H groups in total. The smallest absolute Gasteiger partial charge is 0.0969 e. The van der Waals surface area contributed by atoms with E-state index in [1.54, 1.807) is 6.21 Å². The predicted octanol–water partition coefficient (Wildman–Crippen LogP) is 2.78.